The number of nitrogens with zero attached hydrogens (tertiary/aromatic N) is 1. The van der Waals surface area contributed by atoms with Gasteiger partial charge in [0.25, 0.3) is 5.91 Å². The van der Waals surface area contributed by atoms with Crippen molar-refractivity contribution >= 4 is 21.8 Å². The minimum atomic E-state index is -3.77. The van der Waals surface area contributed by atoms with Gasteiger partial charge in [-0.1, -0.05) is 12.1 Å². The van der Waals surface area contributed by atoms with Crippen LogP contribution in [0.3, 0.4) is 0 Å². The first kappa shape index (κ1) is 21.7. The standard InChI is InChI=1S/C20H22FN3O5S/c1-29-15-8-10-16(11-9-15)30(27,28)24-12-4-5-14(13-24)19(25)22-23-20(26)17-6-2-3-7-18(17)21/h2-3,6-11,14H,4-5,12-13H2,1H3,(H,22,25)(H,23,26). The molecule has 2 aromatic carbocycles. The third-order valence-corrected chi connectivity index (χ3v) is 6.75. The molecule has 1 unspecified atom stereocenters. The first-order chi connectivity index (χ1) is 14.3. The maximum Gasteiger partial charge on any atom is 0.272 e. The van der Waals surface area contributed by atoms with E-state index >= 15 is 0 Å². The molecule has 2 N–H and O–H groups in total. The minimum Gasteiger partial charge on any atom is -0.497 e. The van der Waals surface area contributed by atoms with Crippen molar-refractivity contribution in [3.8, 4) is 5.75 Å². The highest BCUT2D eigenvalue weighted by Crippen LogP contribution is 2.25. The second-order valence-electron chi connectivity index (χ2n) is 6.80. The molecule has 0 spiro atoms. The number of carbonyl (C=O) groups excluding carboxylic acids is 2. The average Bonchev–Trinajstić information content (AvgIpc) is 2.77. The number of hydrogen-bond acceptors (Lipinski definition) is 5. The van der Waals surface area contributed by atoms with E-state index in [0.29, 0.717) is 25.1 Å². The zero-order valence-corrected chi connectivity index (χ0v) is 17.1. The normalized spacial score (nSPS) is 17.2. The fourth-order valence-electron chi connectivity index (χ4n) is 3.20. The SMILES string of the molecule is COc1ccc(S(=O)(=O)N2CCCC(C(=O)NNC(=O)c3ccccc3F)C2)cc1. The number of hydrogen-bond donors (Lipinski definition) is 2. The lowest BCUT2D eigenvalue weighted by Gasteiger charge is -2.31. The fraction of sp³-hybridized carbons (Fsp3) is 0.300. The quantitative estimate of drug-likeness (QED) is 0.696. The number of ether oxygens (including phenoxy) is 1. The third kappa shape index (κ3) is 4.77. The summed E-state index contributed by atoms with van der Waals surface area (Å²) in [6.45, 7) is 0.273. The Morgan fingerprint density at radius 1 is 1.10 bits per heavy atom. The van der Waals surface area contributed by atoms with E-state index in [9.17, 15) is 22.4 Å². The molecule has 1 fully saturated rings. The van der Waals surface area contributed by atoms with Crippen LogP contribution in [-0.2, 0) is 14.8 Å². The second kappa shape index (κ2) is 9.23. The van der Waals surface area contributed by atoms with Crippen LogP contribution in [0.15, 0.2) is 53.4 Å². The number of rotatable bonds is 5. The monoisotopic (exact) mass is 435 g/mol. The summed E-state index contributed by atoms with van der Waals surface area (Å²) in [5.41, 5.74) is 4.23. The summed E-state index contributed by atoms with van der Waals surface area (Å²) in [5.74, 6) is -2.14. The summed E-state index contributed by atoms with van der Waals surface area (Å²) in [5, 5.41) is 0. The maximum absolute atomic E-state index is 13.7. The number of amides is 2. The fourth-order valence-corrected chi connectivity index (χ4v) is 4.73. The second-order valence-corrected chi connectivity index (χ2v) is 8.74. The van der Waals surface area contributed by atoms with Gasteiger partial charge in [-0.15, -0.1) is 0 Å². The predicted molar refractivity (Wildman–Crippen MR) is 106 cm³/mol. The molecule has 2 amide bonds. The van der Waals surface area contributed by atoms with Crippen molar-refractivity contribution in [2.45, 2.75) is 17.7 Å². The van der Waals surface area contributed by atoms with E-state index in [1.807, 2.05) is 0 Å². The Hall–Kier alpha value is -2.98. The molecular weight excluding hydrogens is 413 g/mol. The summed E-state index contributed by atoms with van der Waals surface area (Å²) < 4.78 is 45.7. The smallest absolute Gasteiger partial charge is 0.272 e. The number of carbonyl (C=O) groups is 2. The Kier molecular flexibility index (Phi) is 6.68. The largest absolute Gasteiger partial charge is 0.497 e. The molecule has 160 valence electrons. The zero-order chi connectivity index (χ0) is 21.7. The molecule has 30 heavy (non-hydrogen) atoms. The van der Waals surface area contributed by atoms with E-state index in [4.69, 9.17) is 4.74 Å². The lowest BCUT2D eigenvalue weighted by atomic mass is 9.99. The summed E-state index contributed by atoms with van der Waals surface area (Å²) in [6, 6.07) is 11.4. The van der Waals surface area contributed by atoms with Gasteiger partial charge >= 0.3 is 0 Å². The predicted octanol–water partition coefficient (Wildman–Crippen LogP) is 1.70. The van der Waals surface area contributed by atoms with Crippen molar-refractivity contribution in [3.05, 3.63) is 59.9 Å². The Labute approximate surface area is 174 Å². The Balaban J connectivity index is 1.62. The van der Waals surface area contributed by atoms with Crippen LogP contribution >= 0.6 is 0 Å². The van der Waals surface area contributed by atoms with Crippen LogP contribution in [0.25, 0.3) is 0 Å². The lowest BCUT2D eigenvalue weighted by Crippen LogP contribution is -2.50. The van der Waals surface area contributed by atoms with Crippen LogP contribution in [0, 0.1) is 11.7 Å². The van der Waals surface area contributed by atoms with E-state index in [1.54, 1.807) is 12.1 Å². The number of halogens is 1. The van der Waals surface area contributed by atoms with Gasteiger partial charge in [-0.05, 0) is 49.2 Å². The van der Waals surface area contributed by atoms with E-state index < -0.39 is 33.6 Å². The molecular formula is C20H22FN3O5S. The Morgan fingerprint density at radius 3 is 2.47 bits per heavy atom. The number of benzene rings is 2. The highest BCUT2D eigenvalue weighted by molar-refractivity contribution is 7.89. The molecule has 1 atom stereocenters. The van der Waals surface area contributed by atoms with Crippen molar-refractivity contribution < 1.29 is 27.1 Å². The molecule has 0 radical (unpaired) electrons. The molecule has 0 bridgehead atoms. The van der Waals surface area contributed by atoms with Crippen molar-refractivity contribution in [3.63, 3.8) is 0 Å². The van der Waals surface area contributed by atoms with Crippen LogP contribution in [0.5, 0.6) is 5.75 Å². The number of sulfonamides is 1. The highest BCUT2D eigenvalue weighted by Gasteiger charge is 2.33. The molecule has 0 saturated carbocycles. The molecule has 1 saturated heterocycles. The summed E-state index contributed by atoms with van der Waals surface area (Å²) in [6.07, 6.45) is 0.963. The topological polar surface area (TPSA) is 105 Å². The third-order valence-electron chi connectivity index (χ3n) is 4.87. The molecule has 1 aliphatic rings. The van der Waals surface area contributed by atoms with Gasteiger partial charge in [0.1, 0.15) is 11.6 Å². The van der Waals surface area contributed by atoms with Gasteiger partial charge in [0.05, 0.1) is 23.5 Å². The summed E-state index contributed by atoms with van der Waals surface area (Å²) in [7, 11) is -2.28. The van der Waals surface area contributed by atoms with Crippen molar-refractivity contribution in [1.82, 2.24) is 15.2 Å². The number of piperidine rings is 1. The van der Waals surface area contributed by atoms with Gasteiger partial charge in [0, 0.05) is 13.1 Å². The minimum absolute atomic E-state index is 0.0181. The molecule has 8 nitrogen and oxygen atoms in total. The Morgan fingerprint density at radius 2 is 1.80 bits per heavy atom. The molecule has 1 heterocycles. The maximum atomic E-state index is 13.7. The molecule has 0 aliphatic carbocycles. The van der Waals surface area contributed by atoms with E-state index in [2.05, 4.69) is 10.9 Å². The molecule has 0 aromatic heterocycles. The van der Waals surface area contributed by atoms with E-state index in [1.165, 1.54) is 41.7 Å². The average molecular weight is 435 g/mol. The zero-order valence-electron chi connectivity index (χ0n) is 16.3. The van der Waals surface area contributed by atoms with Gasteiger partial charge in [0.2, 0.25) is 15.9 Å². The van der Waals surface area contributed by atoms with Gasteiger partial charge in [-0.25, -0.2) is 12.8 Å². The summed E-state index contributed by atoms with van der Waals surface area (Å²) >= 11 is 0. The Bertz CT molecular complexity index is 1030. The van der Waals surface area contributed by atoms with E-state index in [0.717, 1.165) is 6.07 Å². The van der Waals surface area contributed by atoms with Crippen LogP contribution in [0.2, 0.25) is 0 Å². The van der Waals surface area contributed by atoms with Crippen LogP contribution in [0.4, 0.5) is 4.39 Å². The van der Waals surface area contributed by atoms with Crippen molar-refractivity contribution in [1.29, 1.82) is 0 Å². The molecule has 3 rings (SSSR count). The van der Waals surface area contributed by atoms with Gasteiger partial charge < -0.3 is 4.74 Å². The number of methoxy groups -OCH3 is 1. The van der Waals surface area contributed by atoms with Crippen LogP contribution in [0.1, 0.15) is 23.2 Å². The highest BCUT2D eigenvalue weighted by atomic mass is 32.2. The first-order valence-corrected chi connectivity index (χ1v) is 10.8. The lowest BCUT2D eigenvalue weighted by molar-refractivity contribution is -0.126. The summed E-state index contributed by atoms with van der Waals surface area (Å²) in [4.78, 5) is 24.6. The van der Waals surface area contributed by atoms with Gasteiger partial charge in [0.15, 0.2) is 0 Å². The van der Waals surface area contributed by atoms with Crippen LogP contribution < -0.4 is 15.6 Å². The van der Waals surface area contributed by atoms with Crippen molar-refractivity contribution in [2.75, 3.05) is 20.2 Å². The van der Waals surface area contributed by atoms with Gasteiger partial charge in [-0.2, -0.15) is 4.31 Å². The molecule has 2 aromatic rings. The van der Waals surface area contributed by atoms with Crippen molar-refractivity contribution in [2.24, 2.45) is 5.92 Å². The molecule has 10 heteroatoms. The van der Waals surface area contributed by atoms with Crippen LogP contribution in [-0.4, -0.2) is 44.7 Å². The molecule has 1 aliphatic heterocycles. The number of nitrogens with one attached hydrogen (secondary N) is 2. The first-order valence-electron chi connectivity index (χ1n) is 9.32. The van der Waals surface area contributed by atoms with E-state index in [-0.39, 0.29) is 17.0 Å². The van der Waals surface area contributed by atoms with Gasteiger partial charge in [-0.3, -0.25) is 20.4 Å². The number of hydrazine groups is 1.